The fourth-order valence-electron chi connectivity index (χ4n) is 3.55. The minimum absolute atomic E-state index is 0.0168. The summed E-state index contributed by atoms with van der Waals surface area (Å²) in [5.74, 6) is 0.801. The number of piperidine rings is 1. The van der Waals surface area contributed by atoms with Crippen molar-refractivity contribution in [1.82, 2.24) is 15.2 Å². The van der Waals surface area contributed by atoms with Crippen LogP contribution in [0.3, 0.4) is 0 Å². The van der Waals surface area contributed by atoms with Crippen LogP contribution < -0.4 is 5.32 Å². The number of fused-ring (bicyclic) bond motifs is 5. The molecule has 1 atom stereocenters. The van der Waals surface area contributed by atoms with Gasteiger partial charge in [0.1, 0.15) is 4.83 Å². The summed E-state index contributed by atoms with van der Waals surface area (Å²) >= 11 is 1.61. The molecule has 5 heteroatoms. The van der Waals surface area contributed by atoms with Crippen LogP contribution in [0.25, 0.3) is 10.2 Å². The Bertz CT molecular complexity index is 646. The van der Waals surface area contributed by atoms with Gasteiger partial charge in [-0.2, -0.15) is 0 Å². The van der Waals surface area contributed by atoms with Crippen molar-refractivity contribution in [3.63, 3.8) is 0 Å². The zero-order valence-corrected chi connectivity index (χ0v) is 12.7. The van der Waals surface area contributed by atoms with Crippen LogP contribution in [0.1, 0.15) is 29.6 Å². The molecule has 2 aromatic rings. The summed E-state index contributed by atoms with van der Waals surface area (Å²) in [7, 11) is 0. The number of pyridine rings is 1. The summed E-state index contributed by atoms with van der Waals surface area (Å²) in [6.45, 7) is 3.38. The predicted molar refractivity (Wildman–Crippen MR) is 84.7 cm³/mol. The van der Waals surface area contributed by atoms with Crippen molar-refractivity contribution in [2.24, 2.45) is 5.92 Å². The second kappa shape index (κ2) is 5.39. The van der Waals surface area contributed by atoms with Crippen molar-refractivity contribution in [1.29, 1.82) is 0 Å². The molecule has 4 nitrogen and oxygen atoms in total. The minimum Gasteiger partial charge on any atom is -0.348 e. The number of nitrogens with zero attached hydrogens (tertiary/aromatic N) is 2. The Balaban J connectivity index is 1.49. The van der Waals surface area contributed by atoms with Gasteiger partial charge in [0, 0.05) is 24.2 Å². The number of hydrogen-bond acceptors (Lipinski definition) is 4. The molecule has 3 fully saturated rings. The predicted octanol–water partition coefficient (Wildman–Crippen LogP) is 2.51. The summed E-state index contributed by atoms with van der Waals surface area (Å²) in [6.07, 6.45) is 5.39. The average molecular weight is 301 g/mol. The lowest BCUT2D eigenvalue weighted by molar-refractivity contribution is 0.0928. The molecular weight excluding hydrogens is 282 g/mol. The van der Waals surface area contributed by atoms with E-state index in [1.54, 1.807) is 17.5 Å². The molecule has 110 valence electrons. The molecule has 2 bridgehead atoms. The largest absolute Gasteiger partial charge is 0.348 e. The van der Waals surface area contributed by atoms with Crippen LogP contribution in [0.4, 0.5) is 0 Å². The first-order chi connectivity index (χ1) is 10.3. The molecule has 0 aromatic carbocycles. The maximum absolute atomic E-state index is 12.5. The van der Waals surface area contributed by atoms with Gasteiger partial charge in [-0.05, 0) is 55.8 Å². The van der Waals surface area contributed by atoms with E-state index in [1.807, 2.05) is 17.5 Å². The maximum Gasteiger partial charge on any atom is 0.253 e. The topological polar surface area (TPSA) is 45.2 Å². The number of thiophene rings is 1. The number of carbonyl (C=O) groups excluding carboxylic acids is 1. The average Bonchev–Trinajstić information content (AvgIpc) is 2.78. The Hall–Kier alpha value is -1.46. The Morgan fingerprint density at radius 1 is 1.38 bits per heavy atom. The van der Waals surface area contributed by atoms with Gasteiger partial charge in [0.2, 0.25) is 0 Å². The Kier molecular flexibility index (Phi) is 3.39. The van der Waals surface area contributed by atoms with Crippen LogP contribution in [0.5, 0.6) is 0 Å². The van der Waals surface area contributed by atoms with Crippen molar-refractivity contribution in [2.45, 2.75) is 25.3 Å². The fraction of sp³-hybridized carbons (Fsp3) is 0.500. The third kappa shape index (κ3) is 2.68. The van der Waals surface area contributed by atoms with E-state index in [0.717, 1.165) is 29.1 Å². The molecule has 0 aliphatic carbocycles. The first kappa shape index (κ1) is 13.2. The standard InChI is InChI=1S/C16H19N3OS/c20-15(13-8-12-3-6-21-16(12)17-9-13)18-14-7-11-1-4-19(10-14)5-2-11/h3,6,8-9,11,14H,1-2,4-5,7,10H2,(H,18,20). The number of nitrogens with one attached hydrogen (secondary N) is 1. The lowest BCUT2D eigenvalue weighted by Gasteiger charge is -2.26. The lowest BCUT2D eigenvalue weighted by atomic mass is 9.94. The Labute approximate surface area is 128 Å². The van der Waals surface area contributed by atoms with Gasteiger partial charge in [-0.15, -0.1) is 11.3 Å². The van der Waals surface area contributed by atoms with E-state index in [4.69, 9.17) is 0 Å². The van der Waals surface area contributed by atoms with Crippen molar-refractivity contribution in [3.05, 3.63) is 29.3 Å². The maximum atomic E-state index is 12.5. The van der Waals surface area contributed by atoms with Crippen LogP contribution in [-0.2, 0) is 0 Å². The normalized spacial score (nSPS) is 28.5. The molecule has 1 unspecified atom stereocenters. The third-order valence-electron chi connectivity index (χ3n) is 4.71. The highest BCUT2D eigenvalue weighted by atomic mass is 32.1. The SMILES string of the molecule is O=C(NC1CC2CCN(CC2)C1)c1cnc2sccc2c1. The molecule has 0 radical (unpaired) electrons. The van der Waals surface area contributed by atoms with E-state index in [9.17, 15) is 4.79 Å². The fourth-order valence-corrected chi connectivity index (χ4v) is 4.27. The number of amides is 1. The van der Waals surface area contributed by atoms with E-state index in [2.05, 4.69) is 15.2 Å². The van der Waals surface area contributed by atoms with Gasteiger partial charge >= 0.3 is 0 Å². The summed E-state index contributed by atoms with van der Waals surface area (Å²) in [5, 5.41) is 6.28. The molecule has 1 N–H and O–H groups in total. The number of hydrogen-bond donors (Lipinski definition) is 1. The van der Waals surface area contributed by atoms with Crippen molar-refractivity contribution >= 4 is 27.5 Å². The highest BCUT2D eigenvalue weighted by Gasteiger charge is 2.29. The molecule has 5 rings (SSSR count). The quantitative estimate of drug-likeness (QED) is 0.927. The van der Waals surface area contributed by atoms with E-state index >= 15 is 0 Å². The molecule has 0 saturated carbocycles. The number of rotatable bonds is 2. The van der Waals surface area contributed by atoms with Gasteiger partial charge in [0.25, 0.3) is 5.91 Å². The number of carbonyl (C=O) groups is 1. The minimum atomic E-state index is 0.0168. The van der Waals surface area contributed by atoms with Crippen LogP contribution in [0.2, 0.25) is 0 Å². The van der Waals surface area contributed by atoms with E-state index in [0.29, 0.717) is 5.56 Å². The van der Waals surface area contributed by atoms with Crippen molar-refractivity contribution in [3.8, 4) is 0 Å². The third-order valence-corrected chi connectivity index (χ3v) is 5.54. The smallest absolute Gasteiger partial charge is 0.253 e. The second-order valence-corrected chi connectivity index (χ2v) is 7.08. The molecule has 3 saturated heterocycles. The molecule has 5 heterocycles. The van der Waals surface area contributed by atoms with Crippen LogP contribution >= 0.6 is 11.3 Å². The summed E-state index contributed by atoms with van der Waals surface area (Å²) in [4.78, 5) is 20.3. The highest BCUT2D eigenvalue weighted by molar-refractivity contribution is 7.16. The molecule has 3 aliphatic rings. The zero-order chi connectivity index (χ0) is 14.2. The molecule has 3 aliphatic heterocycles. The second-order valence-electron chi connectivity index (χ2n) is 6.19. The molecular formula is C16H19N3OS. The molecule has 1 amide bonds. The van der Waals surface area contributed by atoms with Crippen molar-refractivity contribution in [2.75, 3.05) is 19.6 Å². The van der Waals surface area contributed by atoms with Crippen molar-refractivity contribution < 1.29 is 4.79 Å². The van der Waals surface area contributed by atoms with Gasteiger partial charge in [-0.25, -0.2) is 4.98 Å². The number of aromatic nitrogens is 1. The monoisotopic (exact) mass is 301 g/mol. The van der Waals surface area contributed by atoms with Crippen LogP contribution in [0.15, 0.2) is 23.7 Å². The lowest BCUT2D eigenvalue weighted by Crippen LogP contribution is -2.42. The molecule has 2 aromatic heterocycles. The van der Waals surface area contributed by atoms with Gasteiger partial charge in [0.05, 0.1) is 5.56 Å². The van der Waals surface area contributed by atoms with E-state index < -0.39 is 0 Å². The summed E-state index contributed by atoms with van der Waals surface area (Å²) in [6, 6.07) is 4.24. The van der Waals surface area contributed by atoms with Gasteiger partial charge < -0.3 is 10.2 Å². The molecule has 21 heavy (non-hydrogen) atoms. The van der Waals surface area contributed by atoms with Crippen LogP contribution in [-0.4, -0.2) is 41.5 Å². The van der Waals surface area contributed by atoms with E-state index in [-0.39, 0.29) is 11.9 Å². The Morgan fingerprint density at radius 2 is 2.24 bits per heavy atom. The van der Waals surface area contributed by atoms with Gasteiger partial charge in [-0.3, -0.25) is 4.79 Å². The van der Waals surface area contributed by atoms with Gasteiger partial charge in [-0.1, -0.05) is 0 Å². The first-order valence-electron chi connectivity index (χ1n) is 7.64. The van der Waals surface area contributed by atoms with E-state index in [1.165, 1.54) is 25.9 Å². The molecule has 0 spiro atoms. The van der Waals surface area contributed by atoms with Gasteiger partial charge in [0.15, 0.2) is 0 Å². The summed E-state index contributed by atoms with van der Waals surface area (Å²) < 4.78 is 0. The summed E-state index contributed by atoms with van der Waals surface area (Å²) in [5.41, 5.74) is 0.674. The zero-order valence-electron chi connectivity index (χ0n) is 11.9. The van der Waals surface area contributed by atoms with Crippen LogP contribution in [0, 0.1) is 5.92 Å². The Morgan fingerprint density at radius 3 is 3.10 bits per heavy atom. The highest BCUT2D eigenvalue weighted by Crippen LogP contribution is 2.27. The first-order valence-corrected chi connectivity index (χ1v) is 8.52.